The summed E-state index contributed by atoms with van der Waals surface area (Å²) in [5.74, 6) is 0.301. The van der Waals surface area contributed by atoms with Crippen LogP contribution in [0.5, 0.6) is 5.75 Å². The number of thiophene rings is 1. The third-order valence-corrected chi connectivity index (χ3v) is 8.11. The Labute approximate surface area is 242 Å². The van der Waals surface area contributed by atoms with Crippen LogP contribution >= 0.6 is 23.1 Å². The molecule has 3 aromatic rings. The molecular weight excluding hydrogens is 552 g/mol. The summed E-state index contributed by atoms with van der Waals surface area (Å²) in [5, 5.41) is 12.2. The molecule has 0 radical (unpaired) electrons. The third-order valence-electron chi connectivity index (χ3n) is 5.96. The fourth-order valence-electron chi connectivity index (χ4n) is 3.93. The predicted octanol–water partition coefficient (Wildman–Crippen LogP) is 6.02. The molecule has 12 heteroatoms. The summed E-state index contributed by atoms with van der Waals surface area (Å²) in [4.78, 5) is 38.2. The fourth-order valence-corrected chi connectivity index (χ4v) is 5.84. The van der Waals surface area contributed by atoms with Crippen LogP contribution in [-0.2, 0) is 20.8 Å². The summed E-state index contributed by atoms with van der Waals surface area (Å²) >= 11 is 2.21. The normalized spacial score (nSPS) is 11.8. The van der Waals surface area contributed by atoms with E-state index in [0.717, 1.165) is 17.1 Å². The number of aromatic nitrogens is 3. The highest BCUT2D eigenvalue weighted by Gasteiger charge is 2.27. The van der Waals surface area contributed by atoms with Crippen molar-refractivity contribution in [1.29, 1.82) is 0 Å². The largest absolute Gasteiger partial charge is 0.483 e. The van der Waals surface area contributed by atoms with E-state index in [9.17, 15) is 14.4 Å². The number of ether oxygens (including phenoxy) is 3. The van der Waals surface area contributed by atoms with Gasteiger partial charge in [-0.1, -0.05) is 37.7 Å². The molecule has 216 valence electrons. The molecule has 2 heterocycles. The van der Waals surface area contributed by atoms with E-state index in [1.54, 1.807) is 20.8 Å². The Kier molecular flexibility index (Phi) is 11.1. The van der Waals surface area contributed by atoms with E-state index in [4.69, 9.17) is 14.2 Å². The van der Waals surface area contributed by atoms with Gasteiger partial charge >= 0.3 is 11.9 Å². The van der Waals surface area contributed by atoms with Gasteiger partial charge in [0.1, 0.15) is 15.6 Å². The van der Waals surface area contributed by atoms with E-state index < -0.39 is 11.9 Å². The zero-order valence-electron chi connectivity index (χ0n) is 23.9. The molecule has 1 N–H and O–H groups in total. The standard InChI is InChI=1S/C28H36N4O6S2/c1-8-32-24(18(7)38-20-13-11-19(12-14-20)16(4)5)30-31-28(32)39-15-21(33)29-25-22(26(34)36-9-2)17(6)23(40-25)27(35)37-10-3/h11-14,16,18H,8-10,15H2,1-7H3,(H,29,33). The van der Waals surface area contributed by atoms with Crippen molar-refractivity contribution in [2.24, 2.45) is 0 Å². The minimum absolute atomic E-state index is 0.0119. The average molecular weight is 589 g/mol. The van der Waals surface area contributed by atoms with Gasteiger partial charge in [-0.05, 0) is 63.8 Å². The van der Waals surface area contributed by atoms with Gasteiger partial charge in [-0.15, -0.1) is 21.5 Å². The molecule has 3 rings (SSSR count). The second-order valence-corrected chi connectivity index (χ2v) is 11.1. The molecule has 0 saturated carbocycles. The topological polar surface area (TPSA) is 122 Å². The van der Waals surface area contributed by atoms with E-state index in [2.05, 4.69) is 41.5 Å². The summed E-state index contributed by atoms with van der Waals surface area (Å²) in [6.07, 6.45) is -0.358. The summed E-state index contributed by atoms with van der Waals surface area (Å²) in [5.41, 5.74) is 1.80. The molecule has 0 spiro atoms. The lowest BCUT2D eigenvalue weighted by Crippen LogP contribution is -2.17. The molecule has 1 unspecified atom stereocenters. The summed E-state index contributed by atoms with van der Waals surface area (Å²) in [7, 11) is 0. The Morgan fingerprint density at radius 1 is 1.00 bits per heavy atom. The molecule has 10 nitrogen and oxygen atoms in total. The Hall–Kier alpha value is -3.38. The number of thioether (sulfide) groups is 1. The number of hydrogen-bond donors (Lipinski definition) is 1. The molecule has 1 aromatic carbocycles. The summed E-state index contributed by atoms with van der Waals surface area (Å²) in [6.45, 7) is 14.1. The summed E-state index contributed by atoms with van der Waals surface area (Å²) in [6, 6.07) is 8.00. The number of nitrogens with zero attached hydrogens (tertiary/aromatic N) is 3. The number of carbonyl (C=O) groups is 3. The van der Waals surface area contributed by atoms with E-state index in [1.807, 2.05) is 30.5 Å². The van der Waals surface area contributed by atoms with Gasteiger partial charge in [-0.3, -0.25) is 4.79 Å². The highest BCUT2D eigenvalue weighted by atomic mass is 32.2. The minimum atomic E-state index is -0.613. The van der Waals surface area contributed by atoms with Gasteiger partial charge in [0.05, 0.1) is 24.5 Å². The number of amides is 1. The highest BCUT2D eigenvalue weighted by Crippen LogP contribution is 2.35. The molecule has 0 fully saturated rings. The SMILES string of the molecule is CCOC(=O)c1sc(NC(=O)CSc2nnc(C(C)Oc3ccc(C(C)C)cc3)n2CC)c(C(=O)OCC)c1C. The molecule has 1 atom stereocenters. The monoisotopic (exact) mass is 588 g/mol. The molecule has 1 amide bonds. The van der Waals surface area contributed by atoms with Crippen molar-refractivity contribution in [3.8, 4) is 5.75 Å². The van der Waals surface area contributed by atoms with Gasteiger partial charge < -0.3 is 24.1 Å². The van der Waals surface area contributed by atoms with Crippen LogP contribution in [0.25, 0.3) is 0 Å². The van der Waals surface area contributed by atoms with Crippen molar-refractivity contribution in [3.05, 3.63) is 51.7 Å². The van der Waals surface area contributed by atoms with Crippen molar-refractivity contribution < 1.29 is 28.6 Å². The Bertz CT molecular complexity index is 1330. The van der Waals surface area contributed by atoms with Crippen molar-refractivity contribution in [2.45, 2.75) is 72.2 Å². The number of nitrogens with one attached hydrogen (secondary N) is 1. The first kappa shape index (κ1) is 31.2. The molecule has 0 bridgehead atoms. The van der Waals surface area contributed by atoms with Crippen LogP contribution in [0, 0.1) is 6.92 Å². The molecule has 2 aromatic heterocycles. The maximum atomic E-state index is 12.9. The zero-order valence-corrected chi connectivity index (χ0v) is 25.5. The van der Waals surface area contributed by atoms with E-state index >= 15 is 0 Å². The average Bonchev–Trinajstić information content (AvgIpc) is 3.48. The summed E-state index contributed by atoms with van der Waals surface area (Å²) < 4.78 is 18.3. The van der Waals surface area contributed by atoms with Crippen LogP contribution in [0.2, 0.25) is 0 Å². The maximum absolute atomic E-state index is 12.9. The van der Waals surface area contributed by atoms with Gasteiger partial charge in [0.2, 0.25) is 5.91 Å². The molecular formula is C28H36N4O6S2. The Morgan fingerprint density at radius 2 is 1.65 bits per heavy atom. The second-order valence-electron chi connectivity index (χ2n) is 9.11. The molecule has 0 aliphatic heterocycles. The lowest BCUT2D eigenvalue weighted by atomic mass is 10.0. The number of anilines is 1. The minimum Gasteiger partial charge on any atom is -0.483 e. The van der Waals surface area contributed by atoms with Gasteiger partial charge in [-0.2, -0.15) is 0 Å². The van der Waals surface area contributed by atoms with Gasteiger partial charge in [0.25, 0.3) is 0 Å². The van der Waals surface area contributed by atoms with Gasteiger partial charge in [-0.25, -0.2) is 9.59 Å². The van der Waals surface area contributed by atoms with Crippen molar-refractivity contribution in [1.82, 2.24) is 14.8 Å². The number of hydrogen-bond acceptors (Lipinski definition) is 10. The number of esters is 2. The van der Waals surface area contributed by atoms with Gasteiger partial charge in [0.15, 0.2) is 17.1 Å². The van der Waals surface area contributed by atoms with Crippen LogP contribution in [0.1, 0.15) is 90.5 Å². The molecule has 40 heavy (non-hydrogen) atoms. The van der Waals surface area contributed by atoms with Crippen molar-refractivity contribution >= 4 is 45.9 Å². The van der Waals surface area contributed by atoms with Crippen molar-refractivity contribution in [3.63, 3.8) is 0 Å². The quantitative estimate of drug-likeness (QED) is 0.189. The lowest BCUT2D eigenvalue weighted by Gasteiger charge is -2.16. The lowest BCUT2D eigenvalue weighted by molar-refractivity contribution is -0.113. The van der Waals surface area contributed by atoms with Crippen LogP contribution in [0.4, 0.5) is 5.00 Å². The highest BCUT2D eigenvalue weighted by molar-refractivity contribution is 7.99. The first-order chi connectivity index (χ1) is 19.1. The first-order valence-electron chi connectivity index (χ1n) is 13.2. The zero-order chi connectivity index (χ0) is 29.4. The first-order valence-corrected chi connectivity index (χ1v) is 15.0. The van der Waals surface area contributed by atoms with Crippen LogP contribution in [-0.4, -0.2) is 51.6 Å². The fraction of sp³-hybridized carbons (Fsp3) is 0.464. The molecule has 0 aliphatic rings. The van der Waals surface area contributed by atoms with Crippen LogP contribution in [0.15, 0.2) is 29.4 Å². The van der Waals surface area contributed by atoms with E-state index in [-0.39, 0.29) is 46.4 Å². The molecule has 0 saturated heterocycles. The van der Waals surface area contributed by atoms with Crippen LogP contribution in [0.3, 0.4) is 0 Å². The smallest absolute Gasteiger partial charge is 0.348 e. The Balaban J connectivity index is 1.71. The van der Waals surface area contributed by atoms with E-state index in [1.165, 1.54) is 17.3 Å². The third kappa shape index (κ3) is 7.42. The van der Waals surface area contributed by atoms with Crippen LogP contribution < -0.4 is 10.1 Å². The van der Waals surface area contributed by atoms with Gasteiger partial charge in [0, 0.05) is 6.54 Å². The molecule has 0 aliphatic carbocycles. The number of rotatable bonds is 13. The maximum Gasteiger partial charge on any atom is 0.348 e. The second kappa shape index (κ2) is 14.3. The number of carbonyl (C=O) groups excluding carboxylic acids is 3. The Morgan fingerprint density at radius 3 is 2.25 bits per heavy atom. The van der Waals surface area contributed by atoms with Crippen molar-refractivity contribution in [2.75, 3.05) is 24.3 Å². The predicted molar refractivity (Wildman–Crippen MR) is 156 cm³/mol. The van der Waals surface area contributed by atoms with E-state index in [0.29, 0.717) is 29.0 Å². The number of benzene rings is 1.